The molecule has 0 saturated carbocycles. The van der Waals surface area contributed by atoms with Crippen LogP contribution in [0.5, 0.6) is 11.5 Å². The molecular weight excluding hydrogens is 524 g/mol. The predicted octanol–water partition coefficient (Wildman–Crippen LogP) is 5.56. The zero-order chi connectivity index (χ0) is 27.3. The molecule has 3 aromatic rings. The fourth-order valence-electron chi connectivity index (χ4n) is 3.98. The summed E-state index contributed by atoms with van der Waals surface area (Å²) in [5, 5.41) is 2.55. The smallest absolute Gasteiger partial charge is 0.254 e. The molecule has 9 heteroatoms. The summed E-state index contributed by atoms with van der Waals surface area (Å²) in [5.41, 5.74) is 1.52. The number of nitrogens with zero attached hydrogens (tertiary/aromatic N) is 2. The highest BCUT2D eigenvalue weighted by molar-refractivity contribution is 7.09. The second-order valence-electron chi connectivity index (χ2n) is 8.62. The van der Waals surface area contributed by atoms with Gasteiger partial charge in [0.05, 0.1) is 20.8 Å². The van der Waals surface area contributed by atoms with Crippen molar-refractivity contribution in [2.24, 2.45) is 0 Å². The number of hydrogen-bond acceptors (Lipinski definition) is 6. The van der Waals surface area contributed by atoms with E-state index in [4.69, 9.17) is 25.8 Å². The average Bonchev–Trinajstić information content (AvgIpc) is 3.45. The van der Waals surface area contributed by atoms with E-state index in [0.717, 1.165) is 10.4 Å². The van der Waals surface area contributed by atoms with Crippen molar-refractivity contribution in [2.75, 3.05) is 47.1 Å². The van der Waals surface area contributed by atoms with Crippen LogP contribution in [-0.4, -0.2) is 68.7 Å². The van der Waals surface area contributed by atoms with E-state index in [1.165, 1.54) is 0 Å². The van der Waals surface area contributed by atoms with Crippen LogP contribution in [0.25, 0.3) is 0 Å². The Morgan fingerprint density at radius 1 is 0.947 bits per heavy atom. The van der Waals surface area contributed by atoms with Gasteiger partial charge in [0.2, 0.25) is 5.91 Å². The minimum absolute atomic E-state index is 0.0229. The second kappa shape index (κ2) is 15.4. The summed E-state index contributed by atoms with van der Waals surface area (Å²) in [6, 6.07) is 16.5. The fraction of sp³-hybridized carbons (Fsp3) is 0.379. The van der Waals surface area contributed by atoms with E-state index in [9.17, 15) is 9.59 Å². The molecule has 204 valence electrons. The van der Waals surface area contributed by atoms with Gasteiger partial charge in [0.1, 0.15) is 6.54 Å². The number of thiophene rings is 1. The SMILES string of the molecule is CCOCCCN(CC(=O)N(CCc1ccc(OC)c(OC)c1)Cc1cccs1)C(=O)c1ccc(Cl)cc1. The Labute approximate surface area is 233 Å². The first-order valence-corrected chi connectivity index (χ1v) is 13.8. The minimum atomic E-state index is -0.206. The topological polar surface area (TPSA) is 68.3 Å². The van der Waals surface area contributed by atoms with Crippen LogP contribution in [-0.2, 0) is 22.5 Å². The highest BCUT2D eigenvalue weighted by Gasteiger charge is 2.23. The van der Waals surface area contributed by atoms with E-state index in [1.54, 1.807) is 54.7 Å². The summed E-state index contributed by atoms with van der Waals surface area (Å²) in [6.45, 7) is 4.42. The predicted molar refractivity (Wildman–Crippen MR) is 151 cm³/mol. The molecule has 1 aromatic heterocycles. The summed E-state index contributed by atoms with van der Waals surface area (Å²) >= 11 is 7.62. The first-order chi connectivity index (χ1) is 18.4. The van der Waals surface area contributed by atoms with Crippen molar-refractivity contribution in [3.05, 3.63) is 81.0 Å². The van der Waals surface area contributed by atoms with Crippen LogP contribution < -0.4 is 9.47 Å². The fourth-order valence-corrected chi connectivity index (χ4v) is 4.82. The molecule has 0 aliphatic heterocycles. The molecule has 0 spiro atoms. The van der Waals surface area contributed by atoms with Gasteiger partial charge in [0, 0.05) is 41.8 Å². The van der Waals surface area contributed by atoms with E-state index in [2.05, 4.69) is 0 Å². The summed E-state index contributed by atoms with van der Waals surface area (Å²) in [5.74, 6) is 0.987. The van der Waals surface area contributed by atoms with Gasteiger partial charge in [-0.15, -0.1) is 11.3 Å². The highest BCUT2D eigenvalue weighted by Crippen LogP contribution is 2.28. The van der Waals surface area contributed by atoms with Gasteiger partial charge >= 0.3 is 0 Å². The lowest BCUT2D eigenvalue weighted by Gasteiger charge is -2.28. The number of methoxy groups -OCH3 is 2. The van der Waals surface area contributed by atoms with Gasteiger partial charge in [0.25, 0.3) is 5.91 Å². The first-order valence-electron chi connectivity index (χ1n) is 12.6. The van der Waals surface area contributed by atoms with Crippen molar-refractivity contribution in [2.45, 2.75) is 26.3 Å². The van der Waals surface area contributed by atoms with Crippen LogP contribution in [0.1, 0.15) is 34.1 Å². The zero-order valence-electron chi connectivity index (χ0n) is 22.2. The Morgan fingerprint density at radius 2 is 1.71 bits per heavy atom. The maximum Gasteiger partial charge on any atom is 0.254 e. The Morgan fingerprint density at radius 3 is 2.37 bits per heavy atom. The van der Waals surface area contributed by atoms with Crippen molar-refractivity contribution >= 4 is 34.8 Å². The van der Waals surface area contributed by atoms with Crippen LogP contribution in [0, 0.1) is 0 Å². The Bertz CT molecular complexity index is 1150. The highest BCUT2D eigenvalue weighted by atomic mass is 35.5. The third-order valence-electron chi connectivity index (χ3n) is 6.02. The molecule has 3 rings (SSSR count). The number of halogens is 1. The molecule has 1 heterocycles. The van der Waals surface area contributed by atoms with Gasteiger partial charge in [-0.3, -0.25) is 9.59 Å². The summed E-state index contributed by atoms with van der Waals surface area (Å²) < 4.78 is 16.2. The van der Waals surface area contributed by atoms with Crippen LogP contribution in [0.3, 0.4) is 0 Å². The molecule has 0 saturated heterocycles. The molecule has 0 aliphatic carbocycles. The Kier molecular flexibility index (Phi) is 11.9. The molecule has 0 aliphatic rings. The van der Waals surface area contributed by atoms with E-state index >= 15 is 0 Å². The zero-order valence-corrected chi connectivity index (χ0v) is 23.7. The monoisotopic (exact) mass is 558 g/mol. The summed E-state index contributed by atoms with van der Waals surface area (Å²) in [4.78, 5) is 31.5. The third-order valence-corrected chi connectivity index (χ3v) is 7.14. The van der Waals surface area contributed by atoms with Gasteiger partial charge < -0.3 is 24.0 Å². The van der Waals surface area contributed by atoms with Crippen LogP contribution >= 0.6 is 22.9 Å². The Hall–Kier alpha value is -3.07. The van der Waals surface area contributed by atoms with E-state index in [-0.39, 0.29) is 18.4 Å². The standard InChI is InChI=1S/C29H35ClN2O5S/c1-4-37-17-6-15-32(29(34)23-9-11-24(30)12-10-23)21-28(33)31(20-25-7-5-18-38-25)16-14-22-8-13-26(35-2)27(19-22)36-3/h5,7-13,18-19H,4,6,14-17,20-21H2,1-3H3. The van der Waals surface area contributed by atoms with Gasteiger partial charge in [0.15, 0.2) is 11.5 Å². The maximum absolute atomic E-state index is 13.6. The third kappa shape index (κ3) is 8.75. The number of carbonyl (C=O) groups is 2. The second-order valence-corrected chi connectivity index (χ2v) is 10.1. The molecule has 0 N–H and O–H groups in total. The van der Waals surface area contributed by atoms with Crippen LogP contribution in [0.15, 0.2) is 60.0 Å². The molecule has 0 bridgehead atoms. The summed E-state index contributed by atoms with van der Waals surface area (Å²) in [7, 11) is 3.20. The number of ether oxygens (including phenoxy) is 3. The molecule has 0 fully saturated rings. The Balaban J connectivity index is 1.76. The van der Waals surface area contributed by atoms with Crippen molar-refractivity contribution in [3.63, 3.8) is 0 Å². The average molecular weight is 559 g/mol. The largest absolute Gasteiger partial charge is 0.493 e. The lowest BCUT2D eigenvalue weighted by Crippen LogP contribution is -2.44. The molecule has 7 nitrogen and oxygen atoms in total. The van der Waals surface area contributed by atoms with E-state index < -0.39 is 0 Å². The number of hydrogen-bond donors (Lipinski definition) is 0. The maximum atomic E-state index is 13.6. The van der Waals surface area contributed by atoms with Crippen LogP contribution in [0.4, 0.5) is 0 Å². The number of carbonyl (C=O) groups excluding carboxylic acids is 2. The van der Waals surface area contributed by atoms with Crippen molar-refractivity contribution in [1.29, 1.82) is 0 Å². The lowest BCUT2D eigenvalue weighted by atomic mass is 10.1. The molecule has 2 aromatic carbocycles. The quantitative estimate of drug-likeness (QED) is 0.228. The minimum Gasteiger partial charge on any atom is -0.493 e. The number of amides is 2. The number of benzene rings is 2. The van der Waals surface area contributed by atoms with Crippen molar-refractivity contribution in [3.8, 4) is 11.5 Å². The normalized spacial score (nSPS) is 10.7. The summed E-state index contributed by atoms with van der Waals surface area (Å²) in [6.07, 6.45) is 1.27. The van der Waals surface area contributed by atoms with E-state index in [1.807, 2.05) is 47.5 Å². The van der Waals surface area contributed by atoms with Gasteiger partial charge in [-0.25, -0.2) is 0 Å². The molecule has 0 atom stereocenters. The van der Waals surface area contributed by atoms with Crippen molar-refractivity contribution < 1.29 is 23.8 Å². The molecule has 38 heavy (non-hydrogen) atoms. The van der Waals surface area contributed by atoms with Gasteiger partial charge in [-0.2, -0.15) is 0 Å². The van der Waals surface area contributed by atoms with Crippen molar-refractivity contribution in [1.82, 2.24) is 9.80 Å². The molecular formula is C29H35ClN2O5S. The first kappa shape index (κ1) is 29.5. The van der Waals surface area contributed by atoms with Gasteiger partial charge in [-0.05, 0) is 73.2 Å². The molecule has 2 amide bonds. The molecule has 0 radical (unpaired) electrons. The number of rotatable bonds is 15. The lowest BCUT2D eigenvalue weighted by molar-refractivity contribution is -0.132. The van der Waals surface area contributed by atoms with E-state index in [0.29, 0.717) is 67.8 Å². The molecule has 0 unspecified atom stereocenters. The van der Waals surface area contributed by atoms with Crippen LogP contribution in [0.2, 0.25) is 5.02 Å². The van der Waals surface area contributed by atoms with Gasteiger partial charge in [-0.1, -0.05) is 23.7 Å².